The third-order valence-electron chi connectivity index (χ3n) is 3.15. The van der Waals surface area contributed by atoms with Crippen LogP contribution in [0.25, 0.3) is 0 Å². The van der Waals surface area contributed by atoms with E-state index in [1.54, 1.807) is 24.3 Å². The van der Waals surface area contributed by atoms with Gasteiger partial charge in [0.2, 0.25) is 6.29 Å². The van der Waals surface area contributed by atoms with Gasteiger partial charge in [-0.2, -0.15) is 0 Å². The Balaban J connectivity index is 3.24. The minimum absolute atomic E-state index is 0.203. The van der Waals surface area contributed by atoms with E-state index in [1.807, 2.05) is 27.7 Å². The monoisotopic (exact) mass is 205 g/mol. The van der Waals surface area contributed by atoms with E-state index < -0.39 is 5.41 Å². The molecule has 2 nitrogen and oxygen atoms in total. The second kappa shape index (κ2) is 3.69. The van der Waals surface area contributed by atoms with E-state index in [0.717, 1.165) is 5.56 Å². The summed E-state index contributed by atoms with van der Waals surface area (Å²) in [6.45, 7) is 7.88. The van der Waals surface area contributed by atoms with Crippen molar-refractivity contribution in [1.29, 1.82) is 0 Å². The van der Waals surface area contributed by atoms with Crippen LogP contribution < -0.4 is 0 Å². The van der Waals surface area contributed by atoms with E-state index in [4.69, 9.17) is 0 Å². The van der Waals surface area contributed by atoms with Gasteiger partial charge < -0.3 is 5.11 Å². The maximum absolute atomic E-state index is 11.2. The van der Waals surface area contributed by atoms with E-state index in [2.05, 4.69) is 6.29 Å². The third kappa shape index (κ3) is 2.04. The van der Waals surface area contributed by atoms with Crippen molar-refractivity contribution in [2.75, 3.05) is 0 Å². The summed E-state index contributed by atoms with van der Waals surface area (Å²) < 4.78 is 0. The Morgan fingerprint density at radius 3 is 1.87 bits per heavy atom. The van der Waals surface area contributed by atoms with Crippen molar-refractivity contribution in [3.05, 3.63) is 29.8 Å². The highest BCUT2D eigenvalue weighted by molar-refractivity contribution is 5.70. The Hall–Kier alpha value is -1.31. The van der Waals surface area contributed by atoms with E-state index in [9.17, 15) is 9.90 Å². The number of aromatic hydroxyl groups is 1. The van der Waals surface area contributed by atoms with Crippen LogP contribution in [-0.4, -0.2) is 11.4 Å². The Bertz CT molecular complexity index is 346. The van der Waals surface area contributed by atoms with Crippen LogP contribution in [0.4, 0.5) is 0 Å². The summed E-state index contributed by atoms with van der Waals surface area (Å²) in [6.07, 6.45) is 2.12. The molecule has 1 N–H and O–H groups in total. The molecule has 0 aliphatic carbocycles. The van der Waals surface area contributed by atoms with Crippen LogP contribution in [0, 0.1) is 5.41 Å². The van der Waals surface area contributed by atoms with Crippen molar-refractivity contribution in [3.63, 3.8) is 0 Å². The van der Waals surface area contributed by atoms with Gasteiger partial charge in [-0.3, -0.25) is 4.79 Å². The molecular weight excluding hydrogens is 188 g/mol. The highest BCUT2D eigenvalue weighted by atomic mass is 16.3. The summed E-state index contributed by atoms with van der Waals surface area (Å²) in [6, 6.07) is 6.73. The molecule has 0 aliphatic heterocycles. The van der Waals surface area contributed by atoms with Gasteiger partial charge in [0.15, 0.2) is 0 Å². The van der Waals surface area contributed by atoms with Gasteiger partial charge in [-0.25, -0.2) is 0 Å². The van der Waals surface area contributed by atoms with Crippen LogP contribution in [0.5, 0.6) is 5.75 Å². The molecule has 0 saturated heterocycles. The molecule has 1 rings (SSSR count). The predicted octanol–water partition coefficient (Wildman–Crippen LogP) is 2.81. The molecule has 1 radical (unpaired) electrons. The molecule has 0 fully saturated rings. The van der Waals surface area contributed by atoms with Gasteiger partial charge in [0.25, 0.3) is 0 Å². The van der Waals surface area contributed by atoms with Gasteiger partial charge in [-0.1, -0.05) is 32.9 Å². The number of benzene rings is 1. The quantitative estimate of drug-likeness (QED) is 0.806. The Labute approximate surface area is 90.9 Å². The Kier molecular flexibility index (Phi) is 2.89. The lowest BCUT2D eigenvalue weighted by molar-refractivity contribution is 0.270. The normalized spacial score (nSPS) is 15.7. The molecule has 2 heteroatoms. The number of rotatable bonds is 2. The number of carbonyl (C=O) groups excluding carboxylic acids is 1. The average molecular weight is 205 g/mol. The molecule has 0 bridgehead atoms. The van der Waals surface area contributed by atoms with Crippen molar-refractivity contribution in [3.8, 4) is 5.75 Å². The molecule has 0 aromatic heterocycles. The van der Waals surface area contributed by atoms with E-state index >= 15 is 0 Å². The first-order chi connectivity index (χ1) is 6.81. The second-order valence-electron chi connectivity index (χ2n) is 5.02. The van der Waals surface area contributed by atoms with Crippen molar-refractivity contribution in [1.82, 2.24) is 0 Å². The first-order valence-corrected chi connectivity index (χ1v) is 5.00. The molecule has 0 spiro atoms. The largest absolute Gasteiger partial charge is 0.508 e. The lowest BCUT2D eigenvalue weighted by Crippen LogP contribution is -2.38. The fraction of sp³-hybridized carbons (Fsp3) is 0.462. The smallest absolute Gasteiger partial charge is 0.210 e. The average Bonchev–Trinajstić information content (AvgIpc) is 2.16. The fourth-order valence-electron chi connectivity index (χ4n) is 1.44. The van der Waals surface area contributed by atoms with Crippen molar-refractivity contribution in [2.45, 2.75) is 33.1 Å². The van der Waals surface area contributed by atoms with Gasteiger partial charge in [0.05, 0.1) is 5.41 Å². The standard InChI is InChI=1S/C13H17O2/c1-12(2,3)13(4,9-14)10-5-7-11(15)8-6-10/h5-8,15H,1-4H3. The van der Waals surface area contributed by atoms with Crippen LogP contribution in [0.15, 0.2) is 24.3 Å². The summed E-state index contributed by atoms with van der Waals surface area (Å²) in [5.74, 6) is 0.209. The van der Waals surface area contributed by atoms with Gasteiger partial charge in [-0.05, 0) is 30.0 Å². The highest BCUT2D eigenvalue weighted by Crippen LogP contribution is 2.39. The van der Waals surface area contributed by atoms with Crippen LogP contribution in [0.3, 0.4) is 0 Å². The second-order valence-corrected chi connectivity index (χ2v) is 5.02. The maximum atomic E-state index is 11.2. The van der Waals surface area contributed by atoms with Crippen LogP contribution in [-0.2, 0) is 10.2 Å². The first-order valence-electron chi connectivity index (χ1n) is 5.00. The maximum Gasteiger partial charge on any atom is 0.210 e. The summed E-state index contributed by atoms with van der Waals surface area (Å²) in [5, 5.41) is 9.20. The number of phenols is 1. The highest BCUT2D eigenvalue weighted by Gasteiger charge is 2.39. The zero-order chi connectivity index (χ0) is 11.7. The molecule has 1 unspecified atom stereocenters. The molecular formula is C13H17O2. The van der Waals surface area contributed by atoms with Crippen LogP contribution in [0.2, 0.25) is 0 Å². The lowest BCUT2D eigenvalue weighted by atomic mass is 9.65. The van der Waals surface area contributed by atoms with Gasteiger partial charge in [-0.15, -0.1) is 0 Å². The molecule has 15 heavy (non-hydrogen) atoms. The van der Waals surface area contributed by atoms with E-state index in [1.165, 1.54) is 0 Å². The summed E-state index contributed by atoms with van der Waals surface area (Å²) in [4.78, 5) is 11.2. The van der Waals surface area contributed by atoms with Crippen molar-refractivity contribution < 1.29 is 9.90 Å². The number of hydrogen-bond acceptors (Lipinski definition) is 2. The van der Waals surface area contributed by atoms with Gasteiger partial charge in [0.1, 0.15) is 5.75 Å². The molecule has 1 atom stereocenters. The van der Waals surface area contributed by atoms with Crippen LogP contribution in [0.1, 0.15) is 33.3 Å². The minimum Gasteiger partial charge on any atom is -0.508 e. The Morgan fingerprint density at radius 2 is 1.53 bits per heavy atom. The van der Waals surface area contributed by atoms with Crippen molar-refractivity contribution >= 4 is 6.29 Å². The van der Waals surface area contributed by atoms with Crippen LogP contribution >= 0.6 is 0 Å². The minimum atomic E-state index is -0.652. The van der Waals surface area contributed by atoms with Gasteiger partial charge >= 0.3 is 0 Å². The molecule has 0 amide bonds. The molecule has 0 aliphatic rings. The number of hydrogen-bond donors (Lipinski definition) is 1. The van der Waals surface area contributed by atoms with E-state index in [-0.39, 0.29) is 11.2 Å². The third-order valence-corrected chi connectivity index (χ3v) is 3.15. The molecule has 0 heterocycles. The zero-order valence-corrected chi connectivity index (χ0v) is 9.66. The summed E-state index contributed by atoms with van der Waals surface area (Å²) in [7, 11) is 0. The Morgan fingerprint density at radius 1 is 1.07 bits per heavy atom. The lowest BCUT2D eigenvalue weighted by Gasteiger charge is -2.36. The van der Waals surface area contributed by atoms with E-state index in [0.29, 0.717) is 0 Å². The number of phenolic OH excluding ortho intramolecular Hbond substituents is 1. The topological polar surface area (TPSA) is 37.3 Å². The summed E-state index contributed by atoms with van der Waals surface area (Å²) >= 11 is 0. The fourth-order valence-corrected chi connectivity index (χ4v) is 1.44. The summed E-state index contributed by atoms with van der Waals surface area (Å²) in [5.41, 5.74) is 0.0229. The molecule has 81 valence electrons. The zero-order valence-electron chi connectivity index (χ0n) is 9.66. The predicted molar refractivity (Wildman–Crippen MR) is 60.6 cm³/mol. The van der Waals surface area contributed by atoms with Gasteiger partial charge in [0, 0.05) is 0 Å². The molecule has 1 aromatic rings. The van der Waals surface area contributed by atoms with Crippen molar-refractivity contribution in [2.24, 2.45) is 5.41 Å². The molecule has 1 aromatic carbocycles. The first kappa shape index (κ1) is 11.8. The molecule has 0 saturated carbocycles. The SMILES string of the molecule is CC(C)(C)C(C)([C]=O)c1ccc(O)cc1.